The number of hydrogen-bond donors (Lipinski definition) is 3. The lowest BCUT2D eigenvalue weighted by molar-refractivity contribution is -0.146. The van der Waals surface area contributed by atoms with Gasteiger partial charge in [0.15, 0.2) is 6.10 Å². The summed E-state index contributed by atoms with van der Waals surface area (Å²) < 4.78 is 0. The van der Waals surface area contributed by atoms with Gasteiger partial charge < -0.3 is 15.5 Å². The Hall–Kier alpha value is -1.59. The second kappa shape index (κ2) is 6.37. The Kier molecular flexibility index (Phi) is 5.12. The number of halogens is 1. The topological polar surface area (TPSA) is 86.6 Å². The van der Waals surface area contributed by atoms with Gasteiger partial charge in [-0.1, -0.05) is 17.7 Å². The van der Waals surface area contributed by atoms with Crippen molar-refractivity contribution in [3.8, 4) is 0 Å². The molecule has 1 aromatic carbocycles. The molecule has 0 fully saturated rings. The van der Waals surface area contributed by atoms with Gasteiger partial charge in [0.05, 0.1) is 0 Å². The van der Waals surface area contributed by atoms with Crippen LogP contribution in [0.1, 0.15) is 22.3 Å². The summed E-state index contributed by atoms with van der Waals surface area (Å²) in [5.41, 5.74) is 1.27. The van der Waals surface area contributed by atoms with Crippen molar-refractivity contribution in [3.63, 3.8) is 0 Å². The van der Waals surface area contributed by atoms with Crippen molar-refractivity contribution in [3.05, 3.63) is 34.3 Å². The molecule has 0 heterocycles. The monoisotopic (exact) mass is 271 g/mol. The maximum atomic E-state index is 11.7. The van der Waals surface area contributed by atoms with E-state index >= 15 is 0 Å². The fourth-order valence-corrected chi connectivity index (χ4v) is 1.46. The molecule has 5 nitrogen and oxygen atoms in total. The fraction of sp³-hybridized carbons (Fsp3) is 0.333. The Morgan fingerprint density at radius 1 is 1.44 bits per heavy atom. The molecule has 98 valence electrons. The van der Waals surface area contributed by atoms with Crippen LogP contribution in [0.25, 0.3) is 0 Å². The predicted molar refractivity (Wildman–Crippen MR) is 66.8 cm³/mol. The van der Waals surface area contributed by atoms with Crippen LogP contribution < -0.4 is 5.32 Å². The van der Waals surface area contributed by atoms with E-state index in [-0.39, 0.29) is 18.9 Å². The number of benzene rings is 1. The summed E-state index contributed by atoms with van der Waals surface area (Å²) >= 11 is 5.89. The van der Waals surface area contributed by atoms with Crippen LogP contribution in [0.15, 0.2) is 18.2 Å². The zero-order valence-corrected chi connectivity index (χ0v) is 10.6. The average Bonchev–Trinajstić information content (AvgIpc) is 2.32. The number of carbonyl (C=O) groups excluding carboxylic acids is 1. The molecular formula is C12H14ClNO4. The van der Waals surface area contributed by atoms with E-state index in [1.165, 1.54) is 0 Å². The molecule has 1 amide bonds. The smallest absolute Gasteiger partial charge is 0.332 e. The normalized spacial score (nSPS) is 11.9. The van der Waals surface area contributed by atoms with Gasteiger partial charge in [0, 0.05) is 23.6 Å². The van der Waals surface area contributed by atoms with E-state index in [0.29, 0.717) is 10.6 Å². The lowest BCUT2D eigenvalue weighted by Gasteiger charge is -2.08. The second-order valence-corrected chi connectivity index (χ2v) is 4.27. The highest BCUT2D eigenvalue weighted by molar-refractivity contribution is 6.31. The van der Waals surface area contributed by atoms with Gasteiger partial charge in [-0.2, -0.15) is 0 Å². The summed E-state index contributed by atoms with van der Waals surface area (Å²) in [5.74, 6) is -1.66. The first kappa shape index (κ1) is 14.5. The molecule has 1 aromatic rings. The van der Waals surface area contributed by atoms with Crippen molar-refractivity contribution in [2.75, 3.05) is 6.54 Å². The summed E-state index contributed by atoms with van der Waals surface area (Å²) in [7, 11) is 0. The average molecular weight is 272 g/mol. The van der Waals surface area contributed by atoms with Crippen molar-refractivity contribution in [2.24, 2.45) is 0 Å². The Morgan fingerprint density at radius 3 is 2.67 bits per heavy atom. The molecule has 3 N–H and O–H groups in total. The van der Waals surface area contributed by atoms with Crippen LogP contribution in [0.4, 0.5) is 0 Å². The Morgan fingerprint density at radius 2 is 2.11 bits per heavy atom. The third-order valence-electron chi connectivity index (χ3n) is 2.42. The molecule has 0 aliphatic carbocycles. The van der Waals surface area contributed by atoms with Crippen LogP contribution in [-0.4, -0.2) is 34.7 Å². The van der Waals surface area contributed by atoms with Crippen molar-refractivity contribution in [2.45, 2.75) is 19.4 Å². The summed E-state index contributed by atoms with van der Waals surface area (Å²) in [4.78, 5) is 22.0. The van der Waals surface area contributed by atoms with E-state index in [0.717, 1.165) is 5.56 Å². The number of rotatable bonds is 5. The first-order valence-corrected chi connectivity index (χ1v) is 5.75. The van der Waals surface area contributed by atoms with Gasteiger partial charge >= 0.3 is 5.97 Å². The van der Waals surface area contributed by atoms with Gasteiger partial charge in [-0.15, -0.1) is 0 Å². The van der Waals surface area contributed by atoms with Crippen LogP contribution >= 0.6 is 11.6 Å². The van der Waals surface area contributed by atoms with Gasteiger partial charge in [-0.25, -0.2) is 4.79 Å². The number of aryl methyl sites for hydroxylation is 1. The van der Waals surface area contributed by atoms with Crippen molar-refractivity contribution in [1.82, 2.24) is 5.32 Å². The minimum Gasteiger partial charge on any atom is -0.479 e. The number of aliphatic carboxylic acids is 1. The molecule has 0 spiro atoms. The standard InChI is InChI=1S/C12H14ClNO4/c1-7-2-3-8(6-9(7)13)11(16)14-5-4-10(15)12(17)18/h2-3,6,10,15H,4-5H2,1H3,(H,14,16)(H,17,18)/t10-/m0/s1. The highest BCUT2D eigenvalue weighted by Crippen LogP contribution is 2.16. The molecule has 1 atom stereocenters. The first-order valence-electron chi connectivity index (χ1n) is 5.37. The molecule has 0 aliphatic rings. The number of carbonyl (C=O) groups is 2. The van der Waals surface area contributed by atoms with Crippen LogP contribution in [0.5, 0.6) is 0 Å². The molecule has 0 radical (unpaired) electrons. The maximum absolute atomic E-state index is 11.7. The Labute approximate surface area is 109 Å². The van der Waals surface area contributed by atoms with Gasteiger partial charge in [-0.05, 0) is 24.6 Å². The van der Waals surface area contributed by atoms with Crippen LogP contribution in [0, 0.1) is 6.92 Å². The molecule has 1 rings (SSSR count). The van der Waals surface area contributed by atoms with Crippen LogP contribution in [0.2, 0.25) is 5.02 Å². The summed E-state index contributed by atoms with van der Waals surface area (Å²) in [5, 5.41) is 20.5. The number of carboxylic acid groups (broad SMARTS) is 1. The minimum atomic E-state index is -1.47. The summed E-state index contributed by atoms with van der Waals surface area (Å²) in [6.45, 7) is 1.91. The molecule has 0 bridgehead atoms. The Bertz CT molecular complexity index is 461. The number of nitrogens with one attached hydrogen (secondary N) is 1. The largest absolute Gasteiger partial charge is 0.479 e. The number of carboxylic acids is 1. The van der Waals surface area contributed by atoms with Crippen molar-refractivity contribution >= 4 is 23.5 Å². The van der Waals surface area contributed by atoms with Gasteiger partial charge in [-0.3, -0.25) is 4.79 Å². The first-order chi connectivity index (χ1) is 8.41. The SMILES string of the molecule is Cc1ccc(C(=O)NCC[C@H](O)C(=O)O)cc1Cl. The summed E-state index contributed by atoms with van der Waals surface area (Å²) in [6.07, 6.45) is -1.51. The van der Waals surface area contributed by atoms with Gasteiger partial charge in [0.2, 0.25) is 0 Å². The van der Waals surface area contributed by atoms with E-state index in [1.807, 2.05) is 6.92 Å². The second-order valence-electron chi connectivity index (χ2n) is 3.86. The van der Waals surface area contributed by atoms with Crippen molar-refractivity contribution in [1.29, 1.82) is 0 Å². The lowest BCUT2D eigenvalue weighted by atomic mass is 10.1. The van der Waals surface area contributed by atoms with E-state index in [9.17, 15) is 9.59 Å². The maximum Gasteiger partial charge on any atom is 0.332 e. The highest BCUT2D eigenvalue weighted by Gasteiger charge is 2.13. The van der Waals surface area contributed by atoms with E-state index in [1.54, 1.807) is 18.2 Å². The zero-order chi connectivity index (χ0) is 13.7. The molecule has 18 heavy (non-hydrogen) atoms. The number of aliphatic hydroxyl groups is 1. The predicted octanol–water partition coefficient (Wildman–Crippen LogP) is 1.21. The van der Waals surface area contributed by atoms with Crippen LogP contribution in [-0.2, 0) is 4.79 Å². The molecule has 0 aromatic heterocycles. The number of amides is 1. The molecule has 6 heteroatoms. The third-order valence-corrected chi connectivity index (χ3v) is 2.83. The van der Waals surface area contributed by atoms with Gasteiger partial charge in [0.25, 0.3) is 5.91 Å². The van der Waals surface area contributed by atoms with E-state index in [2.05, 4.69) is 5.32 Å². The fourth-order valence-electron chi connectivity index (χ4n) is 1.28. The van der Waals surface area contributed by atoms with E-state index < -0.39 is 12.1 Å². The molecule has 0 saturated heterocycles. The highest BCUT2D eigenvalue weighted by atomic mass is 35.5. The molecule has 0 saturated carbocycles. The van der Waals surface area contributed by atoms with Gasteiger partial charge in [0.1, 0.15) is 0 Å². The van der Waals surface area contributed by atoms with E-state index in [4.69, 9.17) is 21.8 Å². The summed E-state index contributed by atoms with van der Waals surface area (Å²) in [6, 6.07) is 4.90. The quantitative estimate of drug-likeness (QED) is 0.751. The molecule has 0 aliphatic heterocycles. The Balaban J connectivity index is 2.50. The number of aliphatic hydroxyl groups excluding tert-OH is 1. The third kappa shape index (κ3) is 4.01. The minimum absolute atomic E-state index is 0.0410. The molecular weight excluding hydrogens is 258 g/mol. The van der Waals surface area contributed by atoms with Crippen molar-refractivity contribution < 1.29 is 19.8 Å². The molecule has 0 unspecified atom stereocenters. The lowest BCUT2D eigenvalue weighted by Crippen LogP contribution is -2.30. The zero-order valence-electron chi connectivity index (χ0n) is 9.81. The number of hydrogen-bond acceptors (Lipinski definition) is 3. The van der Waals surface area contributed by atoms with Crippen LogP contribution in [0.3, 0.4) is 0 Å².